The molecular formula is C30H34F2IN3O4. The third-order valence-corrected chi connectivity index (χ3v) is 7.00. The van der Waals surface area contributed by atoms with Gasteiger partial charge >= 0.3 is 6.09 Å². The van der Waals surface area contributed by atoms with Crippen LogP contribution in [0.5, 0.6) is 0 Å². The van der Waals surface area contributed by atoms with E-state index in [1.54, 1.807) is 6.07 Å². The number of benzene rings is 3. The van der Waals surface area contributed by atoms with Crippen molar-refractivity contribution in [3.63, 3.8) is 0 Å². The van der Waals surface area contributed by atoms with Gasteiger partial charge in [-0.25, -0.2) is 13.6 Å². The topological polar surface area (TPSA) is 90.5 Å². The first-order valence-electron chi connectivity index (χ1n) is 13.0. The highest BCUT2D eigenvalue weighted by atomic mass is 127. The van der Waals surface area contributed by atoms with Crippen molar-refractivity contribution >= 4 is 47.4 Å². The van der Waals surface area contributed by atoms with Gasteiger partial charge in [0.2, 0.25) is 5.91 Å². The van der Waals surface area contributed by atoms with Crippen molar-refractivity contribution in [2.75, 3.05) is 37.8 Å². The maximum atomic E-state index is 14.2. The number of anilines is 2. The van der Waals surface area contributed by atoms with Gasteiger partial charge in [0.25, 0.3) is 0 Å². The number of likely N-dealkylation sites (tertiary alicyclic amines) is 1. The van der Waals surface area contributed by atoms with Crippen LogP contribution in [0.2, 0.25) is 0 Å². The molecule has 214 valence electrons. The van der Waals surface area contributed by atoms with Crippen molar-refractivity contribution in [2.45, 2.75) is 38.4 Å². The number of amides is 2. The van der Waals surface area contributed by atoms with E-state index in [2.05, 4.69) is 24.7 Å². The molecule has 0 spiro atoms. The van der Waals surface area contributed by atoms with Gasteiger partial charge in [-0.15, -0.1) is 30.6 Å². The predicted octanol–water partition coefficient (Wildman–Crippen LogP) is 5.47. The molecule has 0 aromatic heterocycles. The molecule has 2 amide bonds. The molecule has 0 aliphatic carbocycles. The van der Waals surface area contributed by atoms with Crippen molar-refractivity contribution in [1.82, 2.24) is 0 Å². The number of quaternary nitrogens is 1. The molecule has 3 aromatic rings. The molecule has 7 nitrogen and oxygen atoms in total. The zero-order valence-electron chi connectivity index (χ0n) is 22.5. The molecule has 1 fully saturated rings. The van der Waals surface area contributed by atoms with Gasteiger partial charge in [0.1, 0.15) is 17.7 Å². The summed E-state index contributed by atoms with van der Waals surface area (Å²) in [6.07, 6.45) is 1.21. The van der Waals surface area contributed by atoms with E-state index in [4.69, 9.17) is 4.74 Å². The Bertz CT molecular complexity index is 1330. The lowest BCUT2D eigenvalue weighted by molar-refractivity contribution is -0.896. The van der Waals surface area contributed by atoms with Gasteiger partial charge in [-0.2, -0.15) is 0 Å². The third-order valence-electron chi connectivity index (χ3n) is 7.00. The molecule has 3 aromatic carbocycles. The number of halogens is 3. The minimum absolute atomic E-state index is 0. The van der Waals surface area contributed by atoms with Crippen molar-refractivity contribution < 1.29 is 32.7 Å². The molecule has 1 saturated heterocycles. The van der Waals surface area contributed by atoms with E-state index in [-0.39, 0.29) is 47.8 Å². The number of hydrogen-bond acceptors (Lipinski definition) is 4. The average Bonchev–Trinajstić information content (AvgIpc) is 2.91. The van der Waals surface area contributed by atoms with Crippen molar-refractivity contribution in [3.05, 3.63) is 83.4 Å². The summed E-state index contributed by atoms with van der Waals surface area (Å²) in [5, 5.41) is 16.1. The largest absolute Gasteiger partial charge is 0.851 e. The van der Waals surface area contributed by atoms with Crippen molar-refractivity contribution in [2.24, 2.45) is 0 Å². The van der Waals surface area contributed by atoms with Gasteiger partial charge in [-0.1, -0.05) is 42.5 Å². The van der Waals surface area contributed by atoms with Crippen LogP contribution in [0.15, 0.2) is 60.7 Å². The first-order chi connectivity index (χ1) is 18.6. The summed E-state index contributed by atoms with van der Waals surface area (Å²) in [5.74, 6) is -2.24. The maximum Gasteiger partial charge on any atom is 0.411 e. The lowest BCUT2D eigenvalue weighted by Gasteiger charge is -2.36. The van der Waals surface area contributed by atoms with Crippen LogP contribution in [0, 0.1) is 11.6 Å². The molecule has 4 rings (SSSR count). The second-order valence-corrected chi connectivity index (χ2v) is 10.5. The Hall–Kier alpha value is -3.09. The fourth-order valence-corrected chi connectivity index (χ4v) is 4.64. The Balaban J connectivity index is 0.00000441. The molecule has 1 aliphatic heterocycles. The standard InChI is InChI=1S/C30H33F2N3O4.HI/c1-35(2)14-12-23(13-15-35)39-30(38)34-27-16-20(8-10-24(27)21-6-4-3-5-7-21)9-11-29(37)33-28-18-25(31)22(19-36)17-26(28)32;/h3-8,10,16-18,23H,9,11-15,19H2,1-2H3,(H,33,37)(H,34,38);1H. The second-order valence-electron chi connectivity index (χ2n) is 10.5. The number of aryl methyl sites for hydroxylation is 1. The summed E-state index contributed by atoms with van der Waals surface area (Å²) < 4.78 is 34.6. The molecule has 0 saturated carbocycles. The minimum Gasteiger partial charge on any atom is -0.851 e. The number of hydrogen-bond donors (Lipinski definition) is 2. The van der Waals surface area contributed by atoms with Gasteiger partial charge in [0.05, 0.1) is 38.6 Å². The average molecular weight is 666 g/mol. The van der Waals surface area contributed by atoms with E-state index in [0.29, 0.717) is 12.1 Å². The fourth-order valence-electron chi connectivity index (χ4n) is 4.64. The highest BCUT2D eigenvalue weighted by Gasteiger charge is 2.28. The molecule has 0 radical (unpaired) electrons. The van der Waals surface area contributed by atoms with E-state index in [0.717, 1.165) is 59.2 Å². The molecule has 0 bridgehead atoms. The second kappa shape index (κ2) is 14.0. The monoisotopic (exact) mass is 665 g/mol. The summed E-state index contributed by atoms with van der Waals surface area (Å²) in [6.45, 7) is 0.978. The summed E-state index contributed by atoms with van der Waals surface area (Å²) in [6, 6.07) is 16.7. The summed E-state index contributed by atoms with van der Waals surface area (Å²) >= 11 is 0. The van der Waals surface area contributed by atoms with Gasteiger partial charge in [-0.05, 0) is 35.2 Å². The minimum atomic E-state index is -0.891. The van der Waals surface area contributed by atoms with Crippen LogP contribution < -0.4 is 15.7 Å². The number of nitrogens with zero attached hydrogens (tertiary/aromatic N) is 1. The Kier molecular flexibility index (Phi) is 11.0. The zero-order chi connectivity index (χ0) is 28.0. The van der Waals surface area contributed by atoms with Crippen LogP contribution in [0.1, 0.15) is 30.4 Å². The van der Waals surface area contributed by atoms with E-state index in [1.807, 2.05) is 42.5 Å². The van der Waals surface area contributed by atoms with Crippen molar-refractivity contribution in [1.29, 1.82) is 0 Å². The Morgan fingerprint density at radius 2 is 1.65 bits per heavy atom. The van der Waals surface area contributed by atoms with Gasteiger partial charge in [0, 0.05) is 30.9 Å². The number of carbonyl (C=O) groups is 2. The SMILES string of the molecule is C[N+]1(C)CCC(OC(=O)Nc2cc(CCC(=O)Nc3cc(F)c(C[O-])cc3F)ccc2-c2ccccc2)CC1.I. The van der Waals surface area contributed by atoms with Crippen LogP contribution in [-0.4, -0.2) is 49.8 Å². The maximum absolute atomic E-state index is 14.2. The quantitative estimate of drug-likeness (QED) is 0.247. The normalized spacial score (nSPS) is 14.6. The summed E-state index contributed by atoms with van der Waals surface area (Å²) in [7, 11) is 4.32. The zero-order valence-corrected chi connectivity index (χ0v) is 24.9. The smallest absolute Gasteiger partial charge is 0.411 e. The Labute approximate surface area is 250 Å². The molecule has 0 unspecified atom stereocenters. The molecule has 1 heterocycles. The van der Waals surface area contributed by atoms with E-state index in [9.17, 15) is 23.5 Å². The first-order valence-corrected chi connectivity index (χ1v) is 13.0. The van der Waals surface area contributed by atoms with Crippen LogP contribution in [0.25, 0.3) is 11.1 Å². The first kappa shape index (κ1) is 31.4. The Morgan fingerprint density at radius 1 is 0.950 bits per heavy atom. The van der Waals surface area contributed by atoms with Crippen molar-refractivity contribution in [3.8, 4) is 11.1 Å². The predicted molar refractivity (Wildman–Crippen MR) is 159 cm³/mol. The summed E-state index contributed by atoms with van der Waals surface area (Å²) in [5.41, 5.74) is 2.42. The molecule has 40 heavy (non-hydrogen) atoms. The van der Waals surface area contributed by atoms with Gasteiger partial charge in [0.15, 0.2) is 0 Å². The number of piperidine rings is 1. The third kappa shape index (κ3) is 8.45. The van der Waals surface area contributed by atoms with E-state index >= 15 is 0 Å². The highest BCUT2D eigenvalue weighted by Crippen LogP contribution is 2.30. The highest BCUT2D eigenvalue weighted by molar-refractivity contribution is 14.0. The molecule has 10 heteroatoms. The van der Waals surface area contributed by atoms with Crippen LogP contribution in [0.3, 0.4) is 0 Å². The molecule has 2 N–H and O–H groups in total. The number of carbonyl (C=O) groups excluding carboxylic acids is 2. The molecule has 1 aliphatic rings. The lowest BCUT2D eigenvalue weighted by Crippen LogP contribution is -2.48. The Morgan fingerprint density at radius 3 is 2.33 bits per heavy atom. The summed E-state index contributed by atoms with van der Waals surface area (Å²) in [4.78, 5) is 25.3. The van der Waals surface area contributed by atoms with Gasteiger partial charge in [-0.3, -0.25) is 10.1 Å². The molecular weight excluding hydrogens is 631 g/mol. The number of rotatable bonds is 8. The molecule has 0 atom stereocenters. The van der Waals surface area contributed by atoms with Crippen LogP contribution in [0.4, 0.5) is 25.0 Å². The number of nitrogens with one attached hydrogen (secondary N) is 2. The van der Waals surface area contributed by atoms with Crippen LogP contribution >= 0.6 is 24.0 Å². The van der Waals surface area contributed by atoms with E-state index in [1.165, 1.54) is 0 Å². The van der Waals surface area contributed by atoms with Crippen LogP contribution in [-0.2, 0) is 22.6 Å². The van der Waals surface area contributed by atoms with E-state index < -0.39 is 30.2 Å². The fraction of sp³-hybridized carbons (Fsp3) is 0.333. The lowest BCUT2D eigenvalue weighted by atomic mass is 9.99. The number of ether oxygens (including phenoxy) is 1. The van der Waals surface area contributed by atoms with Gasteiger partial charge < -0.3 is 19.6 Å².